The van der Waals surface area contributed by atoms with Crippen molar-refractivity contribution in [3.63, 3.8) is 0 Å². The molecule has 0 radical (unpaired) electrons. The fraction of sp³-hybridized carbons (Fsp3) is 0.577. The number of hydrogen-bond donors (Lipinski definition) is 2. The number of carbonyl (C=O) groups is 5. The number of esters is 4. The first-order valence-corrected chi connectivity index (χ1v) is 12.2. The van der Waals surface area contributed by atoms with Gasteiger partial charge in [-0.3, -0.25) is 19.2 Å². The summed E-state index contributed by atoms with van der Waals surface area (Å²) in [4.78, 5) is 58.7. The van der Waals surface area contributed by atoms with Crippen LogP contribution in [0.3, 0.4) is 0 Å². The Kier molecular flexibility index (Phi) is 15.3. The van der Waals surface area contributed by atoms with Crippen molar-refractivity contribution in [2.24, 2.45) is 0 Å². The SMILES string of the molecule is COC(=O)C(CC(CCO)OC(C)=O)OCC(Oc1ccc(C=O)cc1)C(OC(C)=O)C(CCO)OC(C)=O. The predicted octanol–water partition coefficient (Wildman–Crippen LogP) is 0.755. The highest BCUT2D eigenvalue weighted by Crippen LogP contribution is 2.22. The third-order valence-electron chi connectivity index (χ3n) is 5.26. The summed E-state index contributed by atoms with van der Waals surface area (Å²) in [6, 6.07) is 5.91. The van der Waals surface area contributed by atoms with Gasteiger partial charge in [0.15, 0.2) is 18.3 Å². The fourth-order valence-corrected chi connectivity index (χ4v) is 3.63. The molecular weight excluding hydrogens is 520 g/mol. The number of ether oxygens (including phenoxy) is 6. The maximum absolute atomic E-state index is 12.5. The molecule has 1 aromatic rings. The van der Waals surface area contributed by atoms with Gasteiger partial charge in [-0.15, -0.1) is 0 Å². The molecule has 39 heavy (non-hydrogen) atoms. The van der Waals surface area contributed by atoms with Crippen LogP contribution in [0.25, 0.3) is 0 Å². The van der Waals surface area contributed by atoms with Crippen molar-refractivity contribution in [2.45, 2.75) is 70.6 Å². The van der Waals surface area contributed by atoms with E-state index < -0.39 is 67.6 Å². The highest BCUT2D eigenvalue weighted by atomic mass is 16.6. The number of rotatable bonds is 18. The molecule has 218 valence electrons. The third-order valence-corrected chi connectivity index (χ3v) is 5.26. The second-order valence-electron chi connectivity index (χ2n) is 8.40. The Bertz CT molecular complexity index is 930. The number of hydrogen-bond acceptors (Lipinski definition) is 13. The van der Waals surface area contributed by atoms with Crippen molar-refractivity contribution in [3.05, 3.63) is 29.8 Å². The van der Waals surface area contributed by atoms with E-state index in [0.29, 0.717) is 11.8 Å². The van der Waals surface area contributed by atoms with Gasteiger partial charge >= 0.3 is 23.9 Å². The molecule has 0 fully saturated rings. The van der Waals surface area contributed by atoms with Crippen molar-refractivity contribution in [3.8, 4) is 5.75 Å². The topological polar surface area (TPSA) is 181 Å². The molecule has 0 bridgehead atoms. The molecule has 2 N–H and O–H groups in total. The van der Waals surface area contributed by atoms with Crippen LogP contribution in [0, 0.1) is 0 Å². The Labute approximate surface area is 226 Å². The fourth-order valence-electron chi connectivity index (χ4n) is 3.63. The lowest BCUT2D eigenvalue weighted by molar-refractivity contribution is -0.181. The van der Waals surface area contributed by atoms with Crippen molar-refractivity contribution < 1.29 is 62.6 Å². The van der Waals surface area contributed by atoms with Gasteiger partial charge in [-0.1, -0.05) is 0 Å². The zero-order valence-electron chi connectivity index (χ0n) is 22.4. The molecule has 0 saturated carbocycles. The van der Waals surface area contributed by atoms with Crippen LogP contribution in [0.4, 0.5) is 0 Å². The lowest BCUT2D eigenvalue weighted by Gasteiger charge is -2.33. The minimum Gasteiger partial charge on any atom is -0.484 e. The van der Waals surface area contributed by atoms with E-state index in [0.717, 1.165) is 21.0 Å². The summed E-state index contributed by atoms with van der Waals surface area (Å²) in [5.41, 5.74) is 0.371. The summed E-state index contributed by atoms with van der Waals surface area (Å²) >= 11 is 0. The van der Waals surface area contributed by atoms with E-state index in [4.69, 9.17) is 28.4 Å². The highest BCUT2D eigenvalue weighted by molar-refractivity contribution is 5.75. The zero-order chi connectivity index (χ0) is 29.4. The number of aliphatic hydroxyl groups is 2. The average Bonchev–Trinajstić information content (AvgIpc) is 2.88. The molecule has 13 heteroatoms. The van der Waals surface area contributed by atoms with Crippen LogP contribution >= 0.6 is 0 Å². The van der Waals surface area contributed by atoms with Gasteiger partial charge in [0.05, 0.1) is 13.7 Å². The molecule has 13 nitrogen and oxygen atoms in total. The molecule has 0 amide bonds. The van der Waals surface area contributed by atoms with Crippen LogP contribution in [-0.2, 0) is 42.9 Å². The number of aliphatic hydroxyl groups excluding tert-OH is 2. The van der Waals surface area contributed by atoms with E-state index in [1.807, 2.05) is 0 Å². The van der Waals surface area contributed by atoms with Crippen molar-refractivity contribution >= 4 is 30.2 Å². The number of aldehydes is 1. The van der Waals surface area contributed by atoms with Crippen LogP contribution in [0.2, 0.25) is 0 Å². The van der Waals surface area contributed by atoms with Gasteiger partial charge in [-0.05, 0) is 24.3 Å². The first-order chi connectivity index (χ1) is 18.5. The molecule has 0 aromatic heterocycles. The summed E-state index contributed by atoms with van der Waals surface area (Å²) in [5, 5.41) is 18.9. The van der Waals surface area contributed by atoms with Gasteiger partial charge in [0.2, 0.25) is 0 Å². The molecule has 5 atom stereocenters. The van der Waals surface area contributed by atoms with E-state index in [2.05, 4.69) is 0 Å². The Morgan fingerprint density at radius 3 is 1.92 bits per heavy atom. The van der Waals surface area contributed by atoms with Gasteiger partial charge in [0.1, 0.15) is 24.2 Å². The Balaban J connectivity index is 3.37. The summed E-state index contributed by atoms with van der Waals surface area (Å²) in [6.45, 7) is 2.27. The molecule has 0 aliphatic rings. The quantitative estimate of drug-likeness (QED) is 0.147. The lowest BCUT2D eigenvalue weighted by Crippen LogP contribution is -2.49. The largest absolute Gasteiger partial charge is 0.484 e. The normalized spacial score (nSPS) is 14.6. The van der Waals surface area contributed by atoms with E-state index in [1.165, 1.54) is 31.2 Å². The number of benzene rings is 1. The van der Waals surface area contributed by atoms with Crippen molar-refractivity contribution in [1.29, 1.82) is 0 Å². The molecule has 1 rings (SSSR count). The minimum atomic E-state index is -1.30. The lowest BCUT2D eigenvalue weighted by atomic mass is 10.0. The molecule has 5 unspecified atom stereocenters. The van der Waals surface area contributed by atoms with Crippen molar-refractivity contribution in [1.82, 2.24) is 0 Å². The molecule has 0 saturated heterocycles. The molecular formula is C26H36O13. The summed E-state index contributed by atoms with van der Waals surface area (Å²) in [5.74, 6) is -2.66. The van der Waals surface area contributed by atoms with Gasteiger partial charge < -0.3 is 38.6 Å². The minimum absolute atomic E-state index is 0.0283. The molecule has 1 aromatic carbocycles. The maximum atomic E-state index is 12.5. The van der Waals surface area contributed by atoms with Crippen LogP contribution < -0.4 is 4.74 Å². The first-order valence-electron chi connectivity index (χ1n) is 12.2. The third kappa shape index (κ3) is 12.7. The van der Waals surface area contributed by atoms with E-state index in [9.17, 15) is 34.2 Å². The Morgan fingerprint density at radius 2 is 1.44 bits per heavy atom. The molecule has 0 aliphatic carbocycles. The molecule has 0 heterocycles. The van der Waals surface area contributed by atoms with Gasteiger partial charge in [0.25, 0.3) is 0 Å². The second-order valence-corrected chi connectivity index (χ2v) is 8.40. The first kappa shape index (κ1) is 33.5. The average molecular weight is 557 g/mol. The Morgan fingerprint density at radius 1 is 0.846 bits per heavy atom. The van der Waals surface area contributed by atoms with Crippen LogP contribution in [-0.4, -0.2) is 97.8 Å². The number of methoxy groups -OCH3 is 1. The monoisotopic (exact) mass is 556 g/mol. The maximum Gasteiger partial charge on any atom is 0.335 e. The van der Waals surface area contributed by atoms with Gasteiger partial charge in [-0.25, -0.2) is 4.79 Å². The smallest absolute Gasteiger partial charge is 0.335 e. The van der Waals surface area contributed by atoms with Crippen LogP contribution in [0.1, 0.15) is 50.4 Å². The Hall–Kier alpha value is -3.55. The van der Waals surface area contributed by atoms with E-state index >= 15 is 0 Å². The molecule has 0 aliphatic heterocycles. The van der Waals surface area contributed by atoms with Gasteiger partial charge in [-0.2, -0.15) is 0 Å². The van der Waals surface area contributed by atoms with E-state index in [-0.39, 0.29) is 31.6 Å². The standard InChI is InChI=1S/C26H36O13/c1-16(30)36-21(9-11-27)13-23(26(33)34-4)35-15-24(39-20-7-5-19(14-29)6-8-20)25(38-18(3)32)22(10-12-28)37-17(2)31/h5-8,14,21-25,27-28H,9-13,15H2,1-4H3. The summed E-state index contributed by atoms with van der Waals surface area (Å²) < 4.78 is 32.5. The van der Waals surface area contributed by atoms with Crippen LogP contribution in [0.15, 0.2) is 24.3 Å². The van der Waals surface area contributed by atoms with Crippen LogP contribution in [0.5, 0.6) is 5.75 Å². The predicted molar refractivity (Wildman–Crippen MR) is 133 cm³/mol. The second kappa shape index (κ2) is 17.9. The molecule has 0 spiro atoms. The van der Waals surface area contributed by atoms with E-state index in [1.54, 1.807) is 0 Å². The summed E-state index contributed by atoms with van der Waals surface area (Å²) in [7, 11) is 1.13. The van der Waals surface area contributed by atoms with Crippen molar-refractivity contribution in [2.75, 3.05) is 26.9 Å². The van der Waals surface area contributed by atoms with Gasteiger partial charge in [0, 0.05) is 58.8 Å². The zero-order valence-corrected chi connectivity index (χ0v) is 22.4. The summed E-state index contributed by atoms with van der Waals surface area (Å²) in [6.07, 6.45) is -5.45. The number of carbonyl (C=O) groups excluding carboxylic acids is 5. The highest BCUT2D eigenvalue weighted by Gasteiger charge is 2.38.